The van der Waals surface area contributed by atoms with Gasteiger partial charge in [0.15, 0.2) is 0 Å². The molecule has 0 saturated carbocycles. The molecule has 0 heterocycles. The molecule has 29 heavy (non-hydrogen) atoms. The van der Waals surface area contributed by atoms with E-state index >= 15 is 0 Å². The Morgan fingerprint density at radius 3 is 2.14 bits per heavy atom. The zero-order valence-corrected chi connectivity index (χ0v) is 16.5. The molecule has 3 rings (SSSR count). The Kier molecular flexibility index (Phi) is 5.96. The minimum absolute atomic E-state index is 0.0816. The number of hydrogen-bond donors (Lipinski definition) is 0. The van der Waals surface area contributed by atoms with Gasteiger partial charge in [-0.25, -0.2) is 13.2 Å². The fourth-order valence-corrected chi connectivity index (χ4v) is 4.21. The van der Waals surface area contributed by atoms with Gasteiger partial charge in [-0.1, -0.05) is 18.2 Å². The molecule has 3 aromatic rings. The van der Waals surface area contributed by atoms with E-state index < -0.39 is 16.0 Å². The molecule has 0 amide bonds. The summed E-state index contributed by atoms with van der Waals surface area (Å²) in [5.74, 6) is -0.319. The molecular weight excluding hydrogens is 388 g/mol. The van der Waals surface area contributed by atoms with Gasteiger partial charge in [0.2, 0.25) is 0 Å². The van der Waals surface area contributed by atoms with E-state index in [1.807, 2.05) is 12.1 Å². The van der Waals surface area contributed by atoms with E-state index in [9.17, 15) is 13.2 Å². The van der Waals surface area contributed by atoms with Gasteiger partial charge in [0, 0.05) is 6.54 Å². The number of esters is 1. The van der Waals surface area contributed by atoms with Crippen LogP contribution in [0.2, 0.25) is 0 Å². The summed E-state index contributed by atoms with van der Waals surface area (Å²) >= 11 is 0. The Labute approximate surface area is 169 Å². The lowest BCUT2D eigenvalue weighted by Crippen LogP contribution is -2.30. The molecule has 0 radical (unpaired) electrons. The van der Waals surface area contributed by atoms with E-state index in [1.54, 1.807) is 43.3 Å². The van der Waals surface area contributed by atoms with Crippen LogP contribution in [0.25, 0.3) is 0 Å². The van der Waals surface area contributed by atoms with Crippen LogP contribution < -0.4 is 9.04 Å². The van der Waals surface area contributed by atoms with Crippen LogP contribution in [0.1, 0.15) is 22.8 Å². The lowest BCUT2D eigenvalue weighted by atomic mass is 10.2. The van der Waals surface area contributed by atoms with Crippen molar-refractivity contribution in [1.29, 1.82) is 5.26 Å². The number of rotatable bonds is 6. The normalized spacial score (nSPS) is 10.8. The molecule has 0 fully saturated rings. The number of sulfonamides is 1. The number of carbonyl (C=O) groups excluding carboxylic acids is 1. The molecule has 146 valence electrons. The number of carbonyl (C=O) groups is 1. The van der Waals surface area contributed by atoms with Crippen LogP contribution in [0, 0.1) is 11.3 Å². The predicted octanol–water partition coefficient (Wildman–Crippen LogP) is 3.99. The molecule has 0 spiro atoms. The van der Waals surface area contributed by atoms with Crippen molar-refractivity contribution in [2.24, 2.45) is 0 Å². The number of benzene rings is 3. The summed E-state index contributed by atoms with van der Waals surface area (Å²) in [7, 11) is -3.76. The zero-order chi connectivity index (χ0) is 20.9. The van der Waals surface area contributed by atoms with Gasteiger partial charge in [-0.2, -0.15) is 5.26 Å². The van der Waals surface area contributed by atoms with E-state index in [4.69, 9.17) is 10.00 Å². The number of ether oxygens (including phenoxy) is 1. The molecule has 0 aromatic heterocycles. The van der Waals surface area contributed by atoms with Crippen molar-refractivity contribution >= 4 is 21.7 Å². The van der Waals surface area contributed by atoms with Crippen LogP contribution in [0.4, 0.5) is 5.69 Å². The van der Waals surface area contributed by atoms with Crippen molar-refractivity contribution in [1.82, 2.24) is 0 Å². The van der Waals surface area contributed by atoms with Crippen LogP contribution in [0.3, 0.4) is 0 Å². The fraction of sp³-hybridized carbons (Fsp3) is 0.0909. The van der Waals surface area contributed by atoms with E-state index in [2.05, 4.69) is 0 Å². The van der Waals surface area contributed by atoms with Crippen LogP contribution in [0.15, 0.2) is 83.8 Å². The minimum Gasteiger partial charge on any atom is -0.423 e. The summed E-state index contributed by atoms with van der Waals surface area (Å²) in [6.45, 7) is 2.03. The van der Waals surface area contributed by atoms with Crippen molar-refractivity contribution in [3.05, 3.63) is 90.0 Å². The molecule has 0 saturated heterocycles. The van der Waals surface area contributed by atoms with Crippen LogP contribution in [0.5, 0.6) is 5.75 Å². The summed E-state index contributed by atoms with van der Waals surface area (Å²) < 4.78 is 32.5. The van der Waals surface area contributed by atoms with Gasteiger partial charge >= 0.3 is 5.97 Å². The smallest absolute Gasteiger partial charge is 0.343 e. The summed E-state index contributed by atoms with van der Waals surface area (Å²) in [4.78, 5) is 12.4. The Bertz CT molecular complexity index is 1130. The van der Waals surface area contributed by atoms with Gasteiger partial charge in [-0.15, -0.1) is 0 Å². The second kappa shape index (κ2) is 8.59. The summed E-state index contributed by atoms with van der Waals surface area (Å²) in [5, 5.41) is 8.80. The number of nitrogens with zero attached hydrogens (tertiary/aromatic N) is 2. The van der Waals surface area contributed by atoms with E-state index in [0.29, 0.717) is 17.0 Å². The molecule has 0 bridgehead atoms. The van der Waals surface area contributed by atoms with Gasteiger partial charge in [-0.05, 0) is 67.6 Å². The molecule has 0 N–H and O–H groups in total. The first-order chi connectivity index (χ1) is 14.0. The summed E-state index contributed by atoms with van der Waals surface area (Å²) in [6.07, 6.45) is 0. The quantitative estimate of drug-likeness (QED) is 0.456. The summed E-state index contributed by atoms with van der Waals surface area (Å²) in [5.41, 5.74) is 1.24. The SMILES string of the molecule is CCN(c1ccccc1)S(=O)(=O)c1ccc(C(=O)Oc2ccc(C#N)cc2)cc1. The van der Waals surface area contributed by atoms with Crippen molar-refractivity contribution in [2.45, 2.75) is 11.8 Å². The van der Waals surface area contributed by atoms with Gasteiger partial charge in [-0.3, -0.25) is 4.31 Å². The molecule has 6 nitrogen and oxygen atoms in total. The molecule has 0 aliphatic rings. The van der Waals surface area contributed by atoms with Gasteiger partial charge in [0.25, 0.3) is 10.0 Å². The van der Waals surface area contributed by atoms with E-state index in [0.717, 1.165) is 0 Å². The lowest BCUT2D eigenvalue weighted by molar-refractivity contribution is 0.0734. The molecule has 0 aliphatic heterocycles. The summed E-state index contributed by atoms with van der Waals surface area (Å²) in [6, 6.07) is 22.5. The Morgan fingerprint density at radius 1 is 0.966 bits per heavy atom. The first-order valence-electron chi connectivity index (χ1n) is 8.86. The second-order valence-electron chi connectivity index (χ2n) is 6.06. The largest absolute Gasteiger partial charge is 0.423 e. The highest BCUT2D eigenvalue weighted by atomic mass is 32.2. The number of anilines is 1. The molecule has 0 unspecified atom stereocenters. The first kappa shape index (κ1) is 20.1. The number of nitriles is 1. The Morgan fingerprint density at radius 2 is 1.59 bits per heavy atom. The maximum Gasteiger partial charge on any atom is 0.343 e. The van der Waals surface area contributed by atoms with E-state index in [1.165, 1.54) is 40.7 Å². The third-order valence-corrected chi connectivity index (χ3v) is 6.12. The van der Waals surface area contributed by atoms with Crippen LogP contribution >= 0.6 is 0 Å². The monoisotopic (exact) mass is 406 g/mol. The topological polar surface area (TPSA) is 87.5 Å². The highest BCUT2D eigenvalue weighted by Gasteiger charge is 2.23. The predicted molar refractivity (Wildman–Crippen MR) is 109 cm³/mol. The fourth-order valence-electron chi connectivity index (χ4n) is 2.74. The van der Waals surface area contributed by atoms with Crippen molar-refractivity contribution in [3.63, 3.8) is 0 Å². The standard InChI is InChI=1S/C22H18N2O4S/c1-2-24(19-6-4-3-5-7-19)29(26,27)21-14-10-18(11-15-21)22(25)28-20-12-8-17(16-23)9-13-20/h3-15H,2H2,1H3. The molecular formula is C22H18N2O4S. The van der Waals surface area contributed by atoms with Gasteiger partial charge in [0.1, 0.15) is 5.75 Å². The lowest BCUT2D eigenvalue weighted by Gasteiger charge is -2.22. The van der Waals surface area contributed by atoms with Crippen molar-refractivity contribution in [2.75, 3.05) is 10.8 Å². The highest BCUT2D eigenvalue weighted by Crippen LogP contribution is 2.24. The second-order valence-corrected chi connectivity index (χ2v) is 7.92. The maximum atomic E-state index is 13.0. The number of para-hydroxylation sites is 1. The molecule has 7 heteroatoms. The maximum absolute atomic E-state index is 13.0. The van der Waals surface area contributed by atoms with Gasteiger partial charge < -0.3 is 4.74 Å². The Hall–Kier alpha value is -3.63. The average Bonchev–Trinajstić information content (AvgIpc) is 2.75. The van der Waals surface area contributed by atoms with Crippen molar-refractivity contribution < 1.29 is 17.9 Å². The minimum atomic E-state index is -3.76. The third kappa shape index (κ3) is 4.45. The zero-order valence-electron chi connectivity index (χ0n) is 15.6. The molecule has 0 aliphatic carbocycles. The number of hydrogen-bond acceptors (Lipinski definition) is 5. The first-order valence-corrected chi connectivity index (χ1v) is 10.3. The molecule has 3 aromatic carbocycles. The Balaban J connectivity index is 1.79. The molecule has 0 atom stereocenters. The average molecular weight is 406 g/mol. The van der Waals surface area contributed by atoms with Crippen molar-refractivity contribution in [3.8, 4) is 11.8 Å². The van der Waals surface area contributed by atoms with E-state index in [-0.39, 0.29) is 17.0 Å². The van der Waals surface area contributed by atoms with Gasteiger partial charge in [0.05, 0.1) is 27.8 Å². The van der Waals surface area contributed by atoms with Crippen LogP contribution in [-0.2, 0) is 10.0 Å². The van der Waals surface area contributed by atoms with Crippen LogP contribution in [-0.4, -0.2) is 20.9 Å². The third-order valence-electron chi connectivity index (χ3n) is 4.20. The highest BCUT2D eigenvalue weighted by molar-refractivity contribution is 7.92.